The number of nitrogens with zero attached hydrogens (tertiary/aromatic N) is 1. The van der Waals surface area contributed by atoms with Crippen LogP contribution in [0.1, 0.15) is 59.8 Å². The third-order valence-electron chi connectivity index (χ3n) is 7.19. The van der Waals surface area contributed by atoms with Crippen LogP contribution < -0.4 is 0 Å². The summed E-state index contributed by atoms with van der Waals surface area (Å²) in [7, 11) is 0. The summed E-state index contributed by atoms with van der Waals surface area (Å²) in [5.41, 5.74) is -0.900. The molecule has 3 fully saturated rings. The first kappa shape index (κ1) is 14.1. The summed E-state index contributed by atoms with van der Waals surface area (Å²) in [6, 6.07) is 0. The van der Waals surface area contributed by atoms with E-state index < -0.39 is 5.41 Å². The highest BCUT2D eigenvalue weighted by molar-refractivity contribution is 5.99. The van der Waals surface area contributed by atoms with Crippen molar-refractivity contribution in [2.75, 3.05) is 13.1 Å². The third-order valence-corrected chi connectivity index (χ3v) is 7.19. The van der Waals surface area contributed by atoms with Crippen LogP contribution in [-0.4, -0.2) is 29.7 Å². The van der Waals surface area contributed by atoms with Gasteiger partial charge in [0.2, 0.25) is 5.91 Å². The maximum atomic E-state index is 13.2. The molecule has 2 atom stereocenters. The number of carbonyl (C=O) groups is 2. The van der Waals surface area contributed by atoms with E-state index >= 15 is 0 Å². The number of amides is 1. The quantitative estimate of drug-likeness (QED) is 0.739. The molecule has 0 aromatic rings. The molecule has 0 N–H and O–H groups in total. The summed E-state index contributed by atoms with van der Waals surface area (Å²) < 4.78 is 0. The minimum atomic E-state index is -0.417. The van der Waals surface area contributed by atoms with E-state index in [1.165, 1.54) is 0 Å². The van der Waals surface area contributed by atoms with E-state index in [2.05, 4.69) is 27.7 Å². The number of piperidine rings is 1. The molecule has 3 heteroatoms. The zero-order chi connectivity index (χ0) is 14.8. The molecule has 3 rings (SSSR count). The molecule has 2 saturated carbocycles. The van der Waals surface area contributed by atoms with Crippen molar-refractivity contribution in [3.63, 3.8) is 0 Å². The van der Waals surface area contributed by atoms with Gasteiger partial charge < -0.3 is 4.90 Å². The molecule has 1 amide bonds. The fourth-order valence-electron chi connectivity index (χ4n) is 4.85. The maximum absolute atomic E-state index is 13.2. The minimum absolute atomic E-state index is 0.197. The molecule has 2 aliphatic carbocycles. The third kappa shape index (κ3) is 1.47. The minimum Gasteiger partial charge on any atom is -0.342 e. The van der Waals surface area contributed by atoms with Gasteiger partial charge in [0.25, 0.3) is 0 Å². The van der Waals surface area contributed by atoms with Crippen molar-refractivity contribution in [2.45, 2.75) is 59.8 Å². The largest absolute Gasteiger partial charge is 0.342 e. The number of fused-ring (bicyclic) bond motifs is 2. The van der Waals surface area contributed by atoms with E-state index in [1.807, 2.05) is 4.90 Å². The van der Waals surface area contributed by atoms with Gasteiger partial charge in [-0.15, -0.1) is 0 Å². The Morgan fingerprint density at radius 3 is 2.20 bits per heavy atom. The van der Waals surface area contributed by atoms with Gasteiger partial charge in [0.05, 0.1) is 5.41 Å². The first-order chi connectivity index (χ1) is 9.24. The Labute approximate surface area is 122 Å². The number of hydrogen-bond acceptors (Lipinski definition) is 2. The van der Waals surface area contributed by atoms with Crippen molar-refractivity contribution in [1.29, 1.82) is 0 Å². The lowest BCUT2D eigenvalue weighted by Gasteiger charge is -2.43. The fourth-order valence-corrected chi connectivity index (χ4v) is 4.85. The average molecular weight is 277 g/mol. The molecular weight excluding hydrogens is 250 g/mol. The van der Waals surface area contributed by atoms with E-state index in [0.29, 0.717) is 12.2 Å². The van der Waals surface area contributed by atoms with E-state index in [4.69, 9.17) is 0 Å². The monoisotopic (exact) mass is 277 g/mol. The molecule has 0 radical (unpaired) electrons. The highest BCUT2D eigenvalue weighted by atomic mass is 16.2. The van der Waals surface area contributed by atoms with Crippen molar-refractivity contribution >= 4 is 11.7 Å². The van der Waals surface area contributed by atoms with Crippen molar-refractivity contribution in [1.82, 2.24) is 4.90 Å². The molecule has 1 aliphatic heterocycles. The number of Topliss-reactive ketones (excluding diaryl/α,β-unsaturated/α-hetero) is 1. The van der Waals surface area contributed by atoms with Gasteiger partial charge >= 0.3 is 0 Å². The van der Waals surface area contributed by atoms with E-state index in [0.717, 1.165) is 44.7 Å². The Kier molecular flexibility index (Phi) is 2.88. The second kappa shape index (κ2) is 4.08. The Morgan fingerprint density at radius 2 is 1.75 bits per heavy atom. The lowest BCUT2D eigenvalue weighted by atomic mass is 9.64. The molecule has 0 aromatic carbocycles. The van der Waals surface area contributed by atoms with Gasteiger partial charge in [-0.05, 0) is 37.0 Å². The Balaban J connectivity index is 1.90. The first-order valence-corrected chi connectivity index (χ1v) is 8.07. The molecule has 3 aliphatic rings. The van der Waals surface area contributed by atoms with Gasteiger partial charge in [-0.25, -0.2) is 0 Å². The molecule has 0 aromatic heterocycles. The van der Waals surface area contributed by atoms with Crippen LogP contribution in [0.3, 0.4) is 0 Å². The van der Waals surface area contributed by atoms with Crippen molar-refractivity contribution in [2.24, 2.45) is 22.2 Å². The van der Waals surface area contributed by atoms with Gasteiger partial charge in [0.15, 0.2) is 0 Å². The topological polar surface area (TPSA) is 37.4 Å². The summed E-state index contributed by atoms with van der Waals surface area (Å²) in [5.74, 6) is 1.31. The SMILES string of the molecule is CC1CCN(C(=O)[C@@]23CC[C@](C)(C(=O)C2)C3(C)C)CC1. The number of carbonyl (C=O) groups excluding carboxylic acids is 2. The Hall–Kier alpha value is -0.860. The lowest BCUT2D eigenvalue weighted by Crippen LogP contribution is -2.50. The lowest BCUT2D eigenvalue weighted by molar-refractivity contribution is -0.149. The smallest absolute Gasteiger partial charge is 0.229 e. The summed E-state index contributed by atoms with van der Waals surface area (Å²) in [6.07, 6.45) is 4.46. The first-order valence-electron chi connectivity index (χ1n) is 8.07. The number of likely N-dealkylation sites (tertiary alicyclic amines) is 1. The Bertz CT molecular complexity index is 462. The van der Waals surface area contributed by atoms with Crippen LogP contribution in [0.4, 0.5) is 0 Å². The number of hydrogen-bond donors (Lipinski definition) is 0. The van der Waals surface area contributed by atoms with Crippen LogP contribution in [0.2, 0.25) is 0 Å². The molecule has 2 bridgehead atoms. The van der Waals surface area contributed by atoms with E-state index in [1.54, 1.807) is 0 Å². The van der Waals surface area contributed by atoms with Crippen molar-refractivity contribution in [3.05, 3.63) is 0 Å². The van der Waals surface area contributed by atoms with Gasteiger partial charge in [-0.1, -0.05) is 27.7 Å². The molecule has 0 spiro atoms. The molecule has 0 unspecified atom stereocenters. The molecular formula is C17H27NO2. The molecule has 20 heavy (non-hydrogen) atoms. The van der Waals surface area contributed by atoms with Gasteiger partial charge in [0.1, 0.15) is 5.78 Å². The normalized spacial score (nSPS) is 40.4. The molecule has 112 valence electrons. The van der Waals surface area contributed by atoms with E-state index in [9.17, 15) is 9.59 Å². The molecule has 1 heterocycles. The molecule has 1 saturated heterocycles. The summed E-state index contributed by atoms with van der Waals surface area (Å²) in [4.78, 5) is 27.7. The van der Waals surface area contributed by atoms with Crippen molar-refractivity contribution < 1.29 is 9.59 Å². The van der Waals surface area contributed by atoms with Crippen LogP contribution in [0.5, 0.6) is 0 Å². The standard InChI is InChI=1S/C17H27NO2/c1-12-5-9-18(10-6-12)14(20)17-8-7-16(4,13(19)11-17)15(17,2)3/h12H,5-11H2,1-4H3/t16-,17-/m1/s1. The number of ketones is 1. The summed E-state index contributed by atoms with van der Waals surface area (Å²) >= 11 is 0. The van der Waals surface area contributed by atoms with Crippen LogP contribution in [0.25, 0.3) is 0 Å². The predicted molar refractivity (Wildman–Crippen MR) is 78.2 cm³/mol. The second-order valence-corrected chi connectivity index (χ2v) is 8.11. The second-order valence-electron chi connectivity index (χ2n) is 8.11. The fraction of sp³-hybridized carbons (Fsp3) is 0.882. The van der Waals surface area contributed by atoms with Crippen LogP contribution in [0, 0.1) is 22.2 Å². The van der Waals surface area contributed by atoms with Crippen LogP contribution in [0.15, 0.2) is 0 Å². The number of rotatable bonds is 1. The predicted octanol–water partition coefficient (Wildman–Crippen LogP) is 3.03. The maximum Gasteiger partial charge on any atom is 0.229 e. The van der Waals surface area contributed by atoms with Gasteiger partial charge in [-0.2, -0.15) is 0 Å². The summed E-state index contributed by atoms with van der Waals surface area (Å²) in [6.45, 7) is 10.4. The Morgan fingerprint density at radius 1 is 1.15 bits per heavy atom. The molecule has 3 nitrogen and oxygen atoms in total. The summed E-state index contributed by atoms with van der Waals surface area (Å²) in [5, 5.41) is 0. The van der Waals surface area contributed by atoms with E-state index in [-0.39, 0.29) is 16.7 Å². The zero-order valence-electron chi connectivity index (χ0n) is 13.3. The highest BCUT2D eigenvalue weighted by Gasteiger charge is 2.72. The van der Waals surface area contributed by atoms with Crippen LogP contribution >= 0.6 is 0 Å². The van der Waals surface area contributed by atoms with Gasteiger partial charge in [-0.3, -0.25) is 9.59 Å². The van der Waals surface area contributed by atoms with Crippen molar-refractivity contribution in [3.8, 4) is 0 Å². The zero-order valence-corrected chi connectivity index (χ0v) is 13.3. The highest BCUT2D eigenvalue weighted by Crippen LogP contribution is 2.71. The van der Waals surface area contributed by atoms with Gasteiger partial charge in [0, 0.05) is 24.9 Å². The van der Waals surface area contributed by atoms with Crippen LogP contribution in [-0.2, 0) is 9.59 Å². The average Bonchev–Trinajstić information content (AvgIpc) is 2.69.